The molecule has 2 aromatic rings. The summed E-state index contributed by atoms with van der Waals surface area (Å²) in [5.41, 5.74) is 3.05. The van der Waals surface area contributed by atoms with Gasteiger partial charge in [0.2, 0.25) is 0 Å². The van der Waals surface area contributed by atoms with Gasteiger partial charge in [-0.15, -0.1) is 0 Å². The molecule has 2 rings (SSSR count). The Morgan fingerprint density at radius 3 is 2.45 bits per heavy atom. The normalized spacial score (nSPS) is 10.6. The third kappa shape index (κ3) is 4.60. The number of benzene rings is 2. The van der Waals surface area contributed by atoms with E-state index in [9.17, 15) is 4.79 Å². The zero-order valence-corrected chi connectivity index (χ0v) is 14.6. The topological polar surface area (TPSA) is 38.3 Å². The third-order valence-electron chi connectivity index (χ3n) is 3.38. The van der Waals surface area contributed by atoms with E-state index in [0.29, 0.717) is 11.7 Å². The number of carbonyl (C=O) groups excluding carboxylic acids is 1. The lowest BCUT2D eigenvalue weighted by atomic mass is 10.0. The van der Waals surface area contributed by atoms with E-state index in [1.54, 1.807) is 0 Å². The predicted octanol–water partition coefficient (Wildman–Crippen LogP) is 4.90. The average molecular weight is 362 g/mol. The van der Waals surface area contributed by atoms with Gasteiger partial charge in [-0.1, -0.05) is 41.9 Å². The first-order valence-corrected chi connectivity index (χ1v) is 8.04. The number of anilines is 1. The summed E-state index contributed by atoms with van der Waals surface area (Å²) in [5, 5.41) is 2.85. The maximum atomic E-state index is 12.0. The van der Waals surface area contributed by atoms with Gasteiger partial charge in [0.05, 0.1) is 0 Å². The number of hydrogen-bond acceptors (Lipinski definition) is 2. The summed E-state index contributed by atoms with van der Waals surface area (Å²) in [4.78, 5) is 12.0. The summed E-state index contributed by atoms with van der Waals surface area (Å²) in [6.45, 7) is 6.23. The molecule has 0 unspecified atom stereocenters. The zero-order chi connectivity index (χ0) is 16.1. The second-order valence-corrected chi connectivity index (χ2v) is 6.44. The van der Waals surface area contributed by atoms with E-state index in [2.05, 4.69) is 35.1 Å². The van der Waals surface area contributed by atoms with Crippen LogP contribution in [-0.2, 0) is 4.79 Å². The number of hydrogen-bond donors (Lipinski definition) is 1. The van der Waals surface area contributed by atoms with Crippen LogP contribution in [0.25, 0.3) is 0 Å². The molecule has 0 bridgehead atoms. The van der Waals surface area contributed by atoms with E-state index in [4.69, 9.17) is 4.74 Å². The number of aryl methyl sites for hydroxylation is 1. The Labute approximate surface area is 139 Å². The minimum absolute atomic E-state index is 0.00344. The first kappa shape index (κ1) is 16.6. The van der Waals surface area contributed by atoms with Crippen LogP contribution in [0.3, 0.4) is 0 Å². The van der Waals surface area contributed by atoms with E-state index in [1.807, 2.05) is 49.4 Å². The Hall–Kier alpha value is -1.81. The molecule has 0 atom stereocenters. The van der Waals surface area contributed by atoms with Gasteiger partial charge in [0.1, 0.15) is 5.75 Å². The smallest absolute Gasteiger partial charge is 0.262 e. The van der Waals surface area contributed by atoms with Crippen LogP contribution in [-0.4, -0.2) is 12.5 Å². The molecule has 0 aliphatic carbocycles. The Morgan fingerprint density at radius 1 is 1.18 bits per heavy atom. The summed E-state index contributed by atoms with van der Waals surface area (Å²) >= 11 is 3.40. The standard InChI is InChI=1S/C18H20BrNO2/c1-12(2)14-4-7-16(8-5-14)22-11-18(21)20-17-9-6-15(19)10-13(17)3/h4-10,12H,11H2,1-3H3,(H,20,21). The maximum Gasteiger partial charge on any atom is 0.262 e. The lowest BCUT2D eigenvalue weighted by Crippen LogP contribution is -2.20. The molecule has 0 aliphatic heterocycles. The zero-order valence-electron chi connectivity index (χ0n) is 13.0. The third-order valence-corrected chi connectivity index (χ3v) is 3.87. The number of halogens is 1. The SMILES string of the molecule is Cc1cc(Br)ccc1NC(=O)COc1ccc(C(C)C)cc1. The van der Waals surface area contributed by atoms with Crippen molar-refractivity contribution in [1.82, 2.24) is 0 Å². The summed E-state index contributed by atoms with van der Waals surface area (Å²) in [6.07, 6.45) is 0. The van der Waals surface area contributed by atoms with Gasteiger partial charge in [0.15, 0.2) is 6.61 Å². The second kappa shape index (κ2) is 7.45. The van der Waals surface area contributed by atoms with Gasteiger partial charge in [0, 0.05) is 10.2 Å². The van der Waals surface area contributed by atoms with Crippen LogP contribution in [0, 0.1) is 6.92 Å². The van der Waals surface area contributed by atoms with Crippen molar-refractivity contribution < 1.29 is 9.53 Å². The van der Waals surface area contributed by atoms with E-state index >= 15 is 0 Å². The highest BCUT2D eigenvalue weighted by Gasteiger charge is 2.06. The van der Waals surface area contributed by atoms with Crippen LogP contribution < -0.4 is 10.1 Å². The molecule has 0 fully saturated rings. The minimum atomic E-state index is -0.168. The molecule has 2 aromatic carbocycles. The molecule has 0 heterocycles. The predicted molar refractivity (Wildman–Crippen MR) is 93.5 cm³/mol. The Kier molecular flexibility index (Phi) is 5.61. The van der Waals surface area contributed by atoms with Crippen molar-refractivity contribution in [3.8, 4) is 5.75 Å². The van der Waals surface area contributed by atoms with Gasteiger partial charge in [-0.2, -0.15) is 0 Å². The molecule has 0 aliphatic rings. The molecule has 22 heavy (non-hydrogen) atoms. The first-order chi connectivity index (χ1) is 10.5. The molecular weight excluding hydrogens is 342 g/mol. The molecule has 1 amide bonds. The fourth-order valence-corrected chi connectivity index (χ4v) is 2.53. The van der Waals surface area contributed by atoms with E-state index < -0.39 is 0 Å². The molecular formula is C18H20BrNO2. The fraction of sp³-hybridized carbons (Fsp3) is 0.278. The second-order valence-electron chi connectivity index (χ2n) is 5.52. The van der Waals surface area contributed by atoms with Crippen LogP contribution >= 0.6 is 15.9 Å². The van der Waals surface area contributed by atoms with Gasteiger partial charge >= 0.3 is 0 Å². The lowest BCUT2D eigenvalue weighted by molar-refractivity contribution is -0.118. The van der Waals surface area contributed by atoms with Crippen molar-refractivity contribution in [3.63, 3.8) is 0 Å². The van der Waals surface area contributed by atoms with Crippen molar-refractivity contribution >= 4 is 27.5 Å². The number of nitrogens with one attached hydrogen (secondary N) is 1. The monoisotopic (exact) mass is 361 g/mol. The average Bonchev–Trinajstić information content (AvgIpc) is 2.48. The summed E-state index contributed by atoms with van der Waals surface area (Å²) in [5.74, 6) is 1.02. The number of rotatable bonds is 5. The van der Waals surface area contributed by atoms with Crippen molar-refractivity contribution in [2.24, 2.45) is 0 Å². The molecule has 0 saturated heterocycles. The van der Waals surface area contributed by atoms with Crippen LogP contribution in [0.15, 0.2) is 46.9 Å². The summed E-state index contributed by atoms with van der Waals surface area (Å²) in [6, 6.07) is 13.6. The Morgan fingerprint density at radius 2 is 1.86 bits per heavy atom. The highest BCUT2D eigenvalue weighted by molar-refractivity contribution is 9.10. The van der Waals surface area contributed by atoms with Gasteiger partial charge in [-0.25, -0.2) is 0 Å². The lowest BCUT2D eigenvalue weighted by Gasteiger charge is -2.11. The van der Waals surface area contributed by atoms with Crippen LogP contribution in [0.4, 0.5) is 5.69 Å². The van der Waals surface area contributed by atoms with E-state index in [1.165, 1.54) is 5.56 Å². The highest BCUT2D eigenvalue weighted by Crippen LogP contribution is 2.21. The van der Waals surface area contributed by atoms with Crippen molar-refractivity contribution in [2.45, 2.75) is 26.7 Å². The molecule has 4 heteroatoms. The molecule has 1 N–H and O–H groups in total. The van der Waals surface area contributed by atoms with E-state index in [-0.39, 0.29) is 12.5 Å². The number of carbonyl (C=O) groups is 1. The molecule has 0 radical (unpaired) electrons. The van der Waals surface area contributed by atoms with E-state index in [0.717, 1.165) is 15.7 Å². The molecule has 116 valence electrons. The molecule has 3 nitrogen and oxygen atoms in total. The van der Waals surface area contributed by atoms with Crippen LogP contribution in [0.2, 0.25) is 0 Å². The molecule has 0 saturated carbocycles. The van der Waals surface area contributed by atoms with Gasteiger partial charge in [0.25, 0.3) is 5.91 Å². The fourth-order valence-electron chi connectivity index (χ4n) is 2.05. The van der Waals surface area contributed by atoms with Gasteiger partial charge in [-0.05, 0) is 54.3 Å². The Balaban J connectivity index is 1.89. The molecule has 0 aromatic heterocycles. The largest absolute Gasteiger partial charge is 0.484 e. The minimum Gasteiger partial charge on any atom is -0.484 e. The van der Waals surface area contributed by atoms with Crippen molar-refractivity contribution in [3.05, 3.63) is 58.1 Å². The van der Waals surface area contributed by atoms with Crippen LogP contribution in [0.5, 0.6) is 5.75 Å². The summed E-state index contributed by atoms with van der Waals surface area (Å²) in [7, 11) is 0. The van der Waals surface area contributed by atoms with Gasteiger partial charge < -0.3 is 10.1 Å². The maximum absolute atomic E-state index is 12.0. The first-order valence-electron chi connectivity index (χ1n) is 7.24. The highest BCUT2D eigenvalue weighted by atomic mass is 79.9. The number of amides is 1. The van der Waals surface area contributed by atoms with Crippen molar-refractivity contribution in [2.75, 3.05) is 11.9 Å². The van der Waals surface area contributed by atoms with Crippen molar-refractivity contribution in [1.29, 1.82) is 0 Å². The quantitative estimate of drug-likeness (QED) is 0.822. The van der Waals surface area contributed by atoms with Gasteiger partial charge in [-0.3, -0.25) is 4.79 Å². The summed E-state index contributed by atoms with van der Waals surface area (Å²) < 4.78 is 6.51. The van der Waals surface area contributed by atoms with Crippen LogP contribution in [0.1, 0.15) is 30.9 Å². The Bertz CT molecular complexity index is 651. The molecule has 0 spiro atoms. The number of ether oxygens (including phenoxy) is 1.